The third-order valence-electron chi connectivity index (χ3n) is 4.85. The molecule has 29 heavy (non-hydrogen) atoms. The minimum absolute atomic E-state index is 0.0187. The molecule has 0 saturated carbocycles. The van der Waals surface area contributed by atoms with Crippen molar-refractivity contribution in [1.82, 2.24) is 4.90 Å². The average Bonchev–Trinajstić information content (AvgIpc) is 2.67. The quantitative estimate of drug-likeness (QED) is 0.436. The Morgan fingerprint density at radius 3 is 2.38 bits per heavy atom. The fourth-order valence-corrected chi connectivity index (χ4v) is 5.36. The summed E-state index contributed by atoms with van der Waals surface area (Å²) in [5, 5.41) is 11.4. The molecule has 11 heteroatoms. The minimum Gasteiger partial charge on any atom is -0.495 e. The maximum absolute atomic E-state index is 13.5. The number of carbonyl (C=O) groups excluding carboxylic acids is 2. The number of hydroxylamine groups is 2. The number of sulfonamides is 1. The van der Waals surface area contributed by atoms with E-state index < -0.39 is 44.4 Å². The van der Waals surface area contributed by atoms with E-state index in [9.17, 15) is 23.2 Å². The number of primary amides is 1. The van der Waals surface area contributed by atoms with E-state index >= 15 is 0 Å². The second-order valence-electron chi connectivity index (χ2n) is 7.12. The van der Waals surface area contributed by atoms with Crippen LogP contribution in [0.25, 0.3) is 0 Å². The SMILES string of the molecule is COc1ccccc1S(=O)(=O)[N+](O)(CC(=O)N1CCOCC1)[C@@H](C(N)=O)C(C)C. The van der Waals surface area contributed by atoms with Gasteiger partial charge in [-0.2, -0.15) is 13.6 Å². The molecule has 0 spiro atoms. The molecule has 1 heterocycles. The number of benzene rings is 1. The van der Waals surface area contributed by atoms with E-state index in [1.54, 1.807) is 19.9 Å². The van der Waals surface area contributed by atoms with Crippen LogP contribution in [0.4, 0.5) is 0 Å². The number of nitrogens with two attached hydrogens (primary N) is 1. The number of amides is 2. The van der Waals surface area contributed by atoms with Gasteiger partial charge in [-0.05, 0) is 12.1 Å². The lowest BCUT2D eigenvalue weighted by atomic mass is 10.0. The van der Waals surface area contributed by atoms with E-state index in [2.05, 4.69) is 0 Å². The van der Waals surface area contributed by atoms with Crippen molar-refractivity contribution in [2.75, 3.05) is 40.0 Å². The van der Waals surface area contributed by atoms with Crippen molar-refractivity contribution < 1.29 is 36.7 Å². The molecular weight excluding hydrogens is 402 g/mol. The monoisotopic (exact) mass is 430 g/mol. The Balaban J connectivity index is 2.59. The van der Waals surface area contributed by atoms with Gasteiger partial charge in [0.15, 0.2) is 4.90 Å². The maximum atomic E-state index is 13.5. The van der Waals surface area contributed by atoms with Gasteiger partial charge >= 0.3 is 10.0 Å². The first-order valence-corrected chi connectivity index (χ1v) is 10.6. The molecule has 2 atom stereocenters. The standard InChI is InChI=1S/C18H27N3O7S/c1-13(2)17(18(19)23)21(24,12-16(22)20-8-10-28-11-9-20)29(25,26)15-7-5-4-6-14(15)27-3/h4-7,13,17,24H,8-12H2,1-3H3,(H-,19,23)/p+1/t17-,21?/m1/s1. The van der Waals surface area contributed by atoms with Crippen LogP contribution in [0.2, 0.25) is 0 Å². The van der Waals surface area contributed by atoms with Gasteiger partial charge in [-0.3, -0.25) is 9.59 Å². The highest BCUT2D eigenvalue weighted by Crippen LogP contribution is 2.34. The molecule has 0 bridgehead atoms. The highest BCUT2D eigenvalue weighted by molar-refractivity contribution is 7.86. The van der Waals surface area contributed by atoms with Crippen LogP contribution < -0.4 is 10.5 Å². The molecular formula is C18H28N3O7S+. The molecule has 1 aliphatic rings. The molecule has 1 aliphatic heterocycles. The first kappa shape index (κ1) is 23.1. The number of hydrogen-bond acceptors (Lipinski definition) is 7. The number of ether oxygens (including phenoxy) is 2. The van der Waals surface area contributed by atoms with Gasteiger partial charge in [0.2, 0.25) is 12.6 Å². The van der Waals surface area contributed by atoms with Crippen LogP contribution in [-0.2, 0) is 24.3 Å². The van der Waals surface area contributed by atoms with Gasteiger partial charge in [0.1, 0.15) is 5.75 Å². The van der Waals surface area contributed by atoms with Crippen molar-refractivity contribution in [3.05, 3.63) is 24.3 Å². The molecule has 1 unspecified atom stereocenters. The Hall–Kier alpha value is -2.21. The molecule has 0 aromatic heterocycles. The Morgan fingerprint density at radius 1 is 1.28 bits per heavy atom. The van der Waals surface area contributed by atoms with E-state index in [4.69, 9.17) is 15.2 Å². The van der Waals surface area contributed by atoms with Crippen LogP contribution in [-0.4, -0.2) is 80.4 Å². The lowest BCUT2D eigenvalue weighted by Gasteiger charge is -2.37. The van der Waals surface area contributed by atoms with Gasteiger partial charge in [-0.15, -0.1) is 0 Å². The number of methoxy groups -OCH3 is 1. The molecule has 1 saturated heterocycles. The van der Waals surface area contributed by atoms with Gasteiger partial charge < -0.3 is 20.1 Å². The molecule has 1 fully saturated rings. The Morgan fingerprint density at radius 2 is 1.86 bits per heavy atom. The van der Waals surface area contributed by atoms with Gasteiger partial charge in [-0.25, -0.2) is 0 Å². The molecule has 1 aromatic carbocycles. The largest absolute Gasteiger partial charge is 0.495 e. The number of quaternary nitrogens is 1. The van der Waals surface area contributed by atoms with Crippen LogP contribution in [0.1, 0.15) is 13.8 Å². The highest BCUT2D eigenvalue weighted by atomic mass is 32.2. The molecule has 3 N–H and O–H groups in total. The maximum Gasteiger partial charge on any atom is 0.361 e. The number of rotatable bonds is 8. The number of morpholine rings is 1. The predicted molar refractivity (Wildman–Crippen MR) is 102 cm³/mol. The van der Waals surface area contributed by atoms with Crippen molar-refractivity contribution in [3.63, 3.8) is 0 Å². The van der Waals surface area contributed by atoms with Crippen LogP contribution in [0.5, 0.6) is 5.75 Å². The zero-order chi connectivity index (χ0) is 21.8. The summed E-state index contributed by atoms with van der Waals surface area (Å²) in [6, 6.07) is 4.11. The summed E-state index contributed by atoms with van der Waals surface area (Å²) >= 11 is 0. The summed E-state index contributed by atoms with van der Waals surface area (Å²) in [7, 11) is -3.39. The van der Waals surface area contributed by atoms with Crippen molar-refractivity contribution in [3.8, 4) is 5.75 Å². The third kappa shape index (κ3) is 4.53. The predicted octanol–water partition coefficient (Wildman–Crippen LogP) is -0.0414. The second-order valence-corrected chi connectivity index (χ2v) is 9.15. The zero-order valence-corrected chi connectivity index (χ0v) is 17.6. The first-order valence-electron chi connectivity index (χ1n) is 9.19. The van der Waals surface area contributed by atoms with Crippen LogP contribution in [0.15, 0.2) is 29.2 Å². The molecule has 2 rings (SSSR count). The van der Waals surface area contributed by atoms with Crippen molar-refractivity contribution >= 4 is 21.8 Å². The summed E-state index contributed by atoms with van der Waals surface area (Å²) in [5.41, 5.74) is 5.47. The average molecular weight is 431 g/mol. The van der Waals surface area contributed by atoms with E-state index in [1.165, 1.54) is 30.2 Å². The van der Waals surface area contributed by atoms with E-state index in [0.29, 0.717) is 13.2 Å². The molecule has 10 nitrogen and oxygen atoms in total. The first-order chi connectivity index (χ1) is 13.6. The number of para-hydroxylation sites is 1. The summed E-state index contributed by atoms with van der Waals surface area (Å²) in [4.78, 5) is 26.1. The van der Waals surface area contributed by atoms with E-state index in [0.717, 1.165) is 0 Å². The molecule has 0 aliphatic carbocycles. The van der Waals surface area contributed by atoms with Crippen molar-refractivity contribution in [1.29, 1.82) is 0 Å². The lowest BCUT2D eigenvalue weighted by molar-refractivity contribution is -1.01. The van der Waals surface area contributed by atoms with Crippen LogP contribution >= 0.6 is 0 Å². The fraction of sp³-hybridized carbons (Fsp3) is 0.556. The smallest absolute Gasteiger partial charge is 0.361 e. The summed E-state index contributed by atoms with van der Waals surface area (Å²) in [5.74, 6) is -2.34. The summed E-state index contributed by atoms with van der Waals surface area (Å²) < 4.78 is 35.5. The topological polar surface area (TPSA) is 136 Å². The van der Waals surface area contributed by atoms with Gasteiger partial charge in [0.05, 0.1) is 20.3 Å². The minimum atomic E-state index is -4.68. The number of carbonyl (C=O) groups is 2. The van der Waals surface area contributed by atoms with Crippen molar-refractivity contribution in [2.45, 2.75) is 24.8 Å². The fourth-order valence-electron chi connectivity index (χ4n) is 3.43. The second kappa shape index (κ2) is 9.08. The molecule has 1 aromatic rings. The molecule has 0 radical (unpaired) electrons. The highest BCUT2D eigenvalue weighted by Gasteiger charge is 2.56. The Labute approximate surface area is 170 Å². The van der Waals surface area contributed by atoms with Gasteiger partial charge in [0, 0.05) is 19.0 Å². The Bertz CT molecular complexity index is 853. The lowest BCUT2D eigenvalue weighted by Crippen LogP contribution is -2.66. The summed E-state index contributed by atoms with van der Waals surface area (Å²) in [6.45, 7) is 3.37. The van der Waals surface area contributed by atoms with Crippen LogP contribution in [0, 0.1) is 5.92 Å². The number of nitrogens with zero attached hydrogens (tertiary/aromatic N) is 2. The van der Waals surface area contributed by atoms with Crippen molar-refractivity contribution in [2.24, 2.45) is 11.7 Å². The number of hydrogen-bond donors (Lipinski definition) is 2. The third-order valence-corrected chi connectivity index (χ3v) is 6.93. The van der Waals surface area contributed by atoms with E-state index in [-0.39, 0.29) is 23.7 Å². The normalized spacial score (nSPS) is 18.2. The summed E-state index contributed by atoms with van der Waals surface area (Å²) in [6.07, 6.45) is 0. The van der Waals surface area contributed by atoms with E-state index in [1.807, 2.05) is 0 Å². The molecule has 162 valence electrons. The van der Waals surface area contributed by atoms with Gasteiger partial charge in [0.25, 0.3) is 11.8 Å². The van der Waals surface area contributed by atoms with Crippen LogP contribution in [0.3, 0.4) is 0 Å². The van der Waals surface area contributed by atoms with Gasteiger partial charge in [-0.1, -0.05) is 30.0 Å². The zero-order valence-electron chi connectivity index (χ0n) is 16.8. The molecule has 2 amide bonds. The Kier molecular flexibility index (Phi) is 7.22.